The van der Waals surface area contributed by atoms with Crippen LogP contribution in [0.3, 0.4) is 0 Å². The Labute approximate surface area is 164 Å². The molecule has 2 aromatic carbocycles. The fourth-order valence-corrected chi connectivity index (χ4v) is 3.87. The van der Waals surface area contributed by atoms with E-state index in [2.05, 4.69) is 66.1 Å². The van der Waals surface area contributed by atoms with Crippen molar-refractivity contribution in [2.24, 2.45) is 0 Å². The van der Waals surface area contributed by atoms with Crippen LogP contribution in [0.15, 0.2) is 54.6 Å². The van der Waals surface area contributed by atoms with Gasteiger partial charge in [0.1, 0.15) is 5.82 Å². The van der Waals surface area contributed by atoms with Crippen molar-refractivity contribution >= 4 is 11.0 Å². The Hall–Kier alpha value is -2.09. The van der Waals surface area contributed by atoms with Crippen molar-refractivity contribution in [2.45, 2.75) is 77.7 Å². The number of aromatic nitrogens is 2. The van der Waals surface area contributed by atoms with Crippen molar-refractivity contribution in [2.75, 3.05) is 0 Å². The van der Waals surface area contributed by atoms with Crippen LogP contribution in [0.2, 0.25) is 0 Å². The summed E-state index contributed by atoms with van der Waals surface area (Å²) in [7, 11) is 0. The van der Waals surface area contributed by atoms with E-state index in [1.54, 1.807) is 0 Å². The number of benzene rings is 2. The van der Waals surface area contributed by atoms with Gasteiger partial charge in [0, 0.05) is 13.0 Å². The van der Waals surface area contributed by atoms with Crippen LogP contribution in [0.4, 0.5) is 0 Å². The van der Waals surface area contributed by atoms with Gasteiger partial charge in [-0.3, -0.25) is 0 Å². The summed E-state index contributed by atoms with van der Waals surface area (Å²) in [5.74, 6) is 1.20. The lowest BCUT2D eigenvalue weighted by Crippen LogP contribution is -2.05. The van der Waals surface area contributed by atoms with Gasteiger partial charge in [0.25, 0.3) is 0 Å². The molecule has 144 valence electrons. The predicted octanol–water partition coefficient (Wildman–Crippen LogP) is 7.16. The van der Waals surface area contributed by atoms with E-state index in [9.17, 15) is 0 Å². The predicted molar refractivity (Wildman–Crippen MR) is 116 cm³/mol. The molecular weight excluding hydrogens is 328 g/mol. The molecule has 27 heavy (non-hydrogen) atoms. The average Bonchev–Trinajstić information content (AvgIpc) is 3.04. The molecule has 0 spiro atoms. The molecule has 0 aliphatic carbocycles. The maximum Gasteiger partial charge on any atom is 0.114 e. The van der Waals surface area contributed by atoms with Gasteiger partial charge >= 0.3 is 0 Å². The number of unbranched alkanes of at least 4 members (excludes halogenated alkanes) is 8. The van der Waals surface area contributed by atoms with Crippen molar-refractivity contribution in [1.29, 1.82) is 0 Å². The Morgan fingerprint density at radius 2 is 1.33 bits per heavy atom. The van der Waals surface area contributed by atoms with Crippen molar-refractivity contribution < 1.29 is 0 Å². The summed E-state index contributed by atoms with van der Waals surface area (Å²) in [6.45, 7) is 3.37. The summed E-state index contributed by atoms with van der Waals surface area (Å²) in [5.41, 5.74) is 3.74. The van der Waals surface area contributed by atoms with Crippen molar-refractivity contribution in [1.82, 2.24) is 9.55 Å². The number of rotatable bonds is 12. The molecular formula is C25H34N2. The molecule has 3 rings (SSSR count). The Balaban J connectivity index is 1.54. The summed E-state index contributed by atoms with van der Waals surface area (Å²) in [6, 6.07) is 19.3. The van der Waals surface area contributed by atoms with Crippen LogP contribution in [0, 0.1) is 0 Å². The topological polar surface area (TPSA) is 17.8 Å². The SMILES string of the molecule is CCCCCCCCCCCn1c(Cc2ccccc2)nc2ccccc21. The number of imidazole rings is 1. The van der Waals surface area contributed by atoms with Gasteiger partial charge in [-0.25, -0.2) is 4.98 Å². The molecule has 0 bridgehead atoms. The molecule has 0 saturated carbocycles. The molecule has 2 heteroatoms. The summed E-state index contributed by atoms with van der Waals surface area (Å²) >= 11 is 0. The molecule has 0 fully saturated rings. The molecule has 0 N–H and O–H groups in total. The number of nitrogens with zero attached hydrogens (tertiary/aromatic N) is 2. The average molecular weight is 363 g/mol. The van der Waals surface area contributed by atoms with Crippen LogP contribution < -0.4 is 0 Å². The Bertz CT molecular complexity index is 788. The molecule has 0 radical (unpaired) electrons. The Morgan fingerprint density at radius 3 is 2.07 bits per heavy atom. The van der Waals surface area contributed by atoms with E-state index in [-0.39, 0.29) is 0 Å². The normalized spacial score (nSPS) is 11.3. The van der Waals surface area contributed by atoms with Gasteiger partial charge in [0.2, 0.25) is 0 Å². The third-order valence-corrected chi connectivity index (χ3v) is 5.42. The number of fused-ring (bicyclic) bond motifs is 1. The van der Waals surface area contributed by atoms with Crippen molar-refractivity contribution in [3.63, 3.8) is 0 Å². The second-order valence-electron chi connectivity index (χ2n) is 7.66. The maximum atomic E-state index is 4.93. The van der Waals surface area contributed by atoms with Crippen LogP contribution in [0.1, 0.15) is 76.1 Å². The molecule has 0 aliphatic rings. The first kappa shape index (κ1) is 19.7. The zero-order valence-electron chi connectivity index (χ0n) is 16.9. The quantitative estimate of drug-likeness (QED) is 0.313. The van der Waals surface area contributed by atoms with E-state index in [1.165, 1.54) is 74.7 Å². The van der Waals surface area contributed by atoms with Crippen molar-refractivity contribution in [3.8, 4) is 0 Å². The first-order valence-electron chi connectivity index (χ1n) is 10.9. The smallest absolute Gasteiger partial charge is 0.114 e. The molecule has 0 unspecified atom stereocenters. The molecule has 3 aromatic rings. The van der Waals surface area contributed by atoms with Gasteiger partial charge < -0.3 is 4.57 Å². The van der Waals surface area contributed by atoms with Crippen LogP contribution in [-0.2, 0) is 13.0 Å². The molecule has 0 saturated heterocycles. The minimum atomic E-state index is 0.910. The fraction of sp³-hybridized carbons (Fsp3) is 0.480. The highest BCUT2D eigenvalue weighted by Gasteiger charge is 2.10. The highest BCUT2D eigenvalue weighted by Crippen LogP contribution is 2.20. The summed E-state index contributed by atoms with van der Waals surface area (Å²) in [5, 5.41) is 0. The monoisotopic (exact) mass is 362 g/mol. The van der Waals surface area contributed by atoms with E-state index in [0.717, 1.165) is 18.5 Å². The van der Waals surface area contributed by atoms with Gasteiger partial charge in [0.05, 0.1) is 11.0 Å². The minimum absolute atomic E-state index is 0.910. The second-order valence-corrected chi connectivity index (χ2v) is 7.66. The molecule has 0 atom stereocenters. The number of hydrogen-bond donors (Lipinski definition) is 0. The first-order chi connectivity index (χ1) is 13.4. The van der Waals surface area contributed by atoms with Gasteiger partial charge in [-0.15, -0.1) is 0 Å². The maximum absolute atomic E-state index is 4.93. The highest BCUT2D eigenvalue weighted by molar-refractivity contribution is 5.76. The summed E-state index contributed by atoms with van der Waals surface area (Å²) in [6.07, 6.45) is 13.2. The van der Waals surface area contributed by atoms with Gasteiger partial charge in [-0.05, 0) is 24.1 Å². The van der Waals surface area contributed by atoms with Crippen LogP contribution >= 0.6 is 0 Å². The molecule has 0 aliphatic heterocycles. The minimum Gasteiger partial charge on any atom is -0.328 e. The third-order valence-electron chi connectivity index (χ3n) is 5.42. The Morgan fingerprint density at radius 1 is 0.704 bits per heavy atom. The zero-order valence-corrected chi connectivity index (χ0v) is 16.9. The van der Waals surface area contributed by atoms with E-state index in [1.807, 2.05) is 0 Å². The highest BCUT2D eigenvalue weighted by atomic mass is 15.1. The molecule has 0 amide bonds. The summed E-state index contributed by atoms with van der Waals surface area (Å²) in [4.78, 5) is 4.93. The Kier molecular flexibility index (Phi) is 7.95. The first-order valence-corrected chi connectivity index (χ1v) is 10.9. The second kappa shape index (κ2) is 10.9. The fourth-order valence-electron chi connectivity index (χ4n) is 3.87. The molecule has 1 heterocycles. The van der Waals surface area contributed by atoms with Gasteiger partial charge in [0.15, 0.2) is 0 Å². The third kappa shape index (κ3) is 5.95. The largest absolute Gasteiger partial charge is 0.328 e. The van der Waals surface area contributed by atoms with E-state index in [0.29, 0.717) is 0 Å². The number of para-hydroxylation sites is 2. The molecule has 2 nitrogen and oxygen atoms in total. The number of hydrogen-bond acceptors (Lipinski definition) is 1. The van der Waals surface area contributed by atoms with E-state index in [4.69, 9.17) is 4.98 Å². The summed E-state index contributed by atoms with van der Waals surface area (Å²) < 4.78 is 2.45. The number of aryl methyl sites for hydroxylation is 1. The van der Waals surface area contributed by atoms with Crippen LogP contribution in [0.5, 0.6) is 0 Å². The van der Waals surface area contributed by atoms with Crippen molar-refractivity contribution in [3.05, 3.63) is 66.0 Å². The lowest BCUT2D eigenvalue weighted by molar-refractivity contribution is 0.537. The van der Waals surface area contributed by atoms with Crippen LogP contribution in [-0.4, -0.2) is 9.55 Å². The van der Waals surface area contributed by atoms with E-state index < -0.39 is 0 Å². The van der Waals surface area contributed by atoms with E-state index >= 15 is 0 Å². The molecule has 1 aromatic heterocycles. The van der Waals surface area contributed by atoms with Gasteiger partial charge in [-0.2, -0.15) is 0 Å². The van der Waals surface area contributed by atoms with Crippen LogP contribution in [0.25, 0.3) is 11.0 Å². The standard InChI is InChI=1S/C25H34N2/c1-2-3-4-5-6-7-8-9-15-20-27-24-19-14-13-18-23(24)26-25(27)21-22-16-11-10-12-17-22/h10-14,16-19H,2-9,15,20-21H2,1H3. The lowest BCUT2D eigenvalue weighted by Gasteiger charge is -2.10. The lowest BCUT2D eigenvalue weighted by atomic mass is 10.1. The van der Waals surface area contributed by atoms with Gasteiger partial charge in [-0.1, -0.05) is 101 Å². The zero-order chi connectivity index (χ0) is 18.7.